The Morgan fingerprint density at radius 2 is 1.79 bits per heavy atom. The van der Waals surface area contributed by atoms with E-state index in [0.717, 1.165) is 55.5 Å². The molecule has 6 rings (SSSR count). The van der Waals surface area contributed by atoms with Gasteiger partial charge in [0, 0.05) is 27.6 Å². The lowest BCUT2D eigenvalue weighted by Gasteiger charge is -2.08. The molecule has 3 N–H and O–H groups in total. The van der Waals surface area contributed by atoms with Crippen LogP contribution in [0, 0.1) is 5.82 Å². The lowest BCUT2D eigenvalue weighted by molar-refractivity contribution is -0.119. The second-order valence-corrected chi connectivity index (χ2v) is 10.0. The van der Waals surface area contributed by atoms with E-state index in [1.165, 1.54) is 12.1 Å². The second kappa shape index (κ2) is 11.5. The van der Waals surface area contributed by atoms with E-state index in [4.69, 9.17) is 0 Å². The van der Waals surface area contributed by atoms with Crippen molar-refractivity contribution < 1.29 is 9.18 Å². The van der Waals surface area contributed by atoms with Crippen LogP contribution in [-0.2, 0) is 11.2 Å². The standard InChI is InChI=1S/C35H28FN5O/c1-3-8-25(17-22(2)38-34(42)18-23-9-5-4-6-10-23)31-20-29-33(21-37-31)40-41-35(29)32-19-28-27(11-7-12-30(28)39-32)24-13-15-26(36)16-14-24/h3-17,19-21,39H,1,18H2,2H3,(H,38,42)(H,40,41)/b22-17+,25-8+. The van der Waals surface area contributed by atoms with Crippen molar-refractivity contribution in [1.82, 2.24) is 25.5 Å². The van der Waals surface area contributed by atoms with Gasteiger partial charge >= 0.3 is 0 Å². The summed E-state index contributed by atoms with van der Waals surface area (Å²) in [5.41, 5.74) is 8.44. The number of aromatic nitrogens is 4. The Balaban J connectivity index is 1.32. The van der Waals surface area contributed by atoms with E-state index in [-0.39, 0.29) is 11.7 Å². The molecule has 7 heteroatoms. The zero-order chi connectivity index (χ0) is 29.1. The van der Waals surface area contributed by atoms with Crippen molar-refractivity contribution in [1.29, 1.82) is 0 Å². The van der Waals surface area contributed by atoms with E-state index in [1.807, 2.05) is 73.7 Å². The van der Waals surface area contributed by atoms with E-state index < -0.39 is 0 Å². The maximum atomic E-state index is 13.5. The first-order valence-electron chi connectivity index (χ1n) is 13.6. The molecule has 0 bridgehead atoms. The lowest BCUT2D eigenvalue weighted by atomic mass is 10.0. The maximum absolute atomic E-state index is 13.5. The Morgan fingerprint density at radius 3 is 2.57 bits per heavy atom. The number of hydrogen-bond acceptors (Lipinski definition) is 3. The highest BCUT2D eigenvalue weighted by Crippen LogP contribution is 2.34. The summed E-state index contributed by atoms with van der Waals surface area (Å²) in [6.45, 7) is 5.72. The predicted molar refractivity (Wildman–Crippen MR) is 167 cm³/mol. The summed E-state index contributed by atoms with van der Waals surface area (Å²) in [5, 5.41) is 12.6. The average molecular weight is 554 g/mol. The molecule has 3 aromatic carbocycles. The second-order valence-electron chi connectivity index (χ2n) is 10.0. The molecule has 1 amide bonds. The number of carbonyl (C=O) groups is 1. The van der Waals surface area contributed by atoms with Crippen molar-refractivity contribution in [2.45, 2.75) is 13.3 Å². The highest BCUT2D eigenvalue weighted by atomic mass is 19.1. The molecular formula is C35H28FN5O. The first kappa shape index (κ1) is 26.7. The van der Waals surface area contributed by atoms with Crippen LogP contribution in [0.25, 0.3) is 49.9 Å². The third-order valence-electron chi connectivity index (χ3n) is 7.03. The van der Waals surface area contributed by atoms with E-state index in [2.05, 4.69) is 38.1 Å². The number of allylic oxidation sites excluding steroid dienone is 5. The van der Waals surface area contributed by atoms with Gasteiger partial charge in [-0.3, -0.25) is 14.9 Å². The van der Waals surface area contributed by atoms with Gasteiger partial charge in [-0.05, 0) is 60.0 Å². The largest absolute Gasteiger partial charge is 0.353 e. The van der Waals surface area contributed by atoms with Crippen molar-refractivity contribution in [3.05, 3.63) is 139 Å². The molecule has 0 aliphatic heterocycles. The van der Waals surface area contributed by atoms with Crippen LogP contribution < -0.4 is 5.32 Å². The molecule has 0 atom stereocenters. The van der Waals surface area contributed by atoms with Gasteiger partial charge in [-0.15, -0.1) is 0 Å². The van der Waals surface area contributed by atoms with Crippen LogP contribution in [0.3, 0.4) is 0 Å². The molecule has 0 unspecified atom stereocenters. The number of nitrogens with one attached hydrogen (secondary N) is 3. The number of fused-ring (bicyclic) bond motifs is 2. The Labute approximate surface area is 242 Å². The van der Waals surface area contributed by atoms with Gasteiger partial charge in [0.05, 0.1) is 29.5 Å². The van der Waals surface area contributed by atoms with Crippen LogP contribution in [0.5, 0.6) is 0 Å². The minimum absolute atomic E-state index is 0.0905. The summed E-state index contributed by atoms with van der Waals surface area (Å²) >= 11 is 0. The fraction of sp³-hybridized carbons (Fsp3) is 0.0571. The minimum Gasteiger partial charge on any atom is -0.353 e. The van der Waals surface area contributed by atoms with Gasteiger partial charge in [-0.25, -0.2) is 4.39 Å². The smallest absolute Gasteiger partial charge is 0.228 e. The van der Waals surface area contributed by atoms with Gasteiger partial charge in [-0.2, -0.15) is 5.10 Å². The topological polar surface area (TPSA) is 86.5 Å². The monoisotopic (exact) mass is 553 g/mol. The van der Waals surface area contributed by atoms with Gasteiger partial charge < -0.3 is 10.3 Å². The average Bonchev–Trinajstić information content (AvgIpc) is 3.61. The molecule has 0 radical (unpaired) electrons. The maximum Gasteiger partial charge on any atom is 0.228 e. The van der Waals surface area contributed by atoms with Crippen LogP contribution in [0.15, 0.2) is 122 Å². The number of rotatable bonds is 8. The summed E-state index contributed by atoms with van der Waals surface area (Å²) in [6.07, 6.45) is 7.49. The minimum atomic E-state index is -0.266. The van der Waals surface area contributed by atoms with Gasteiger partial charge in [0.2, 0.25) is 5.91 Å². The molecule has 0 fully saturated rings. The van der Waals surface area contributed by atoms with E-state index >= 15 is 0 Å². The zero-order valence-electron chi connectivity index (χ0n) is 23.0. The molecular weight excluding hydrogens is 525 g/mol. The summed E-state index contributed by atoms with van der Waals surface area (Å²) in [4.78, 5) is 20.7. The highest BCUT2D eigenvalue weighted by Gasteiger charge is 2.15. The van der Waals surface area contributed by atoms with Gasteiger partial charge in [0.1, 0.15) is 11.5 Å². The number of aromatic amines is 2. The molecule has 3 aromatic heterocycles. The van der Waals surface area contributed by atoms with E-state index in [0.29, 0.717) is 17.8 Å². The quantitative estimate of drug-likeness (QED) is 0.169. The fourth-order valence-electron chi connectivity index (χ4n) is 5.09. The number of H-pyrrole nitrogens is 2. The number of halogens is 1. The van der Waals surface area contributed by atoms with Gasteiger partial charge in [-0.1, -0.05) is 73.3 Å². The van der Waals surface area contributed by atoms with Crippen molar-refractivity contribution in [2.75, 3.05) is 0 Å². The van der Waals surface area contributed by atoms with E-state index in [9.17, 15) is 9.18 Å². The van der Waals surface area contributed by atoms with Crippen molar-refractivity contribution in [3.63, 3.8) is 0 Å². The van der Waals surface area contributed by atoms with Crippen LogP contribution in [0.4, 0.5) is 4.39 Å². The van der Waals surface area contributed by atoms with Crippen molar-refractivity contribution in [2.24, 2.45) is 0 Å². The molecule has 0 saturated heterocycles. The number of benzene rings is 3. The molecule has 0 saturated carbocycles. The van der Waals surface area contributed by atoms with Crippen LogP contribution in [-0.4, -0.2) is 26.1 Å². The number of hydrogen-bond donors (Lipinski definition) is 3. The predicted octanol–water partition coefficient (Wildman–Crippen LogP) is 7.74. The number of nitrogens with zero attached hydrogens (tertiary/aromatic N) is 2. The SMILES string of the molecule is C=C/C=C(\C=C(/C)NC(=O)Cc1ccccc1)c1cc2c(-c3cc4c(-c5ccc(F)cc5)cccc4[nH]3)n[nH]c2cn1. The number of pyridine rings is 1. The van der Waals surface area contributed by atoms with Crippen LogP contribution in [0.2, 0.25) is 0 Å². The summed E-state index contributed by atoms with van der Waals surface area (Å²) in [5.74, 6) is -0.357. The van der Waals surface area contributed by atoms with Crippen molar-refractivity contribution >= 4 is 33.3 Å². The third kappa shape index (κ3) is 5.53. The Morgan fingerprint density at radius 1 is 0.976 bits per heavy atom. The summed E-state index contributed by atoms with van der Waals surface area (Å²) < 4.78 is 13.5. The first-order chi connectivity index (χ1) is 20.5. The highest BCUT2D eigenvalue weighted by molar-refractivity contribution is 6.01. The first-order valence-corrected chi connectivity index (χ1v) is 13.6. The van der Waals surface area contributed by atoms with Crippen LogP contribution in [0.1, 0.15) is 18.2 Å². The van der Waals surface area contributed by atoms with E-state index in [1.54, 1.807) is 24.4 Å². The molecule has 0 aliphatic rings. The lowest BCUT2D eigenvalue weighted by Crippen LogP contribution is -2.23. The Hall–Kier alpha value is -5.56. The normalized spacial score (nSPS) is 12.1. The van der Waals surface area contributed by atoms with Gasteiger partial charge in [0.15, 0.2) is 0 Å². The molecule has 6 aromatic rings. The molecule has 0 aliphatic carbocycles. The summed E-state index contributed by atoms with van der Waals surface area (Å²) in [7, 11) is 0. The Bertz CT molecular complexity index is 1980. The number of amides is 1. The molecule has 0 spiro atoms. The third-order valence-corrected chi connectivity index (χ3v) is 7.03. The summed E-state index contributed by atoms with van der Waals surface area (Å²) in [6, 6.07) is 26.2. The van der Waals surface area contributed by atoms with Crippen molar-refractivity contribution in [3.8, 4) is 22.5 Å². The number of carbonyl (C=O) groups excluding carboxylic acids is 1. The molecule has 3 heterocycles. The molecule has 206 valence electrons. The van der Waals surface area contributed by atoms with Gasteiger partial charge in [0.25, 0.3) is 0 Å². The molecule has 6 nitrogen and oxygen atoms in total. The zero-order valence-corrected chi connectivity index (χ0v) is 23.0. The van der Waals surface area contributed by atoms with Crippen LogP contribution >= 0.6 is 0 Å². The Kier molecular flexibility index (Phi) is 7.30. The fourth-order valence-corrected chi connectivity index (χ4v) is 5.09. The molecule has 42 heavy (non-hydrogen) atoms.